The molecule has 15 heavy (non-hydrogen) atoms. The molecule has 0 saturated heterocycles. The Kier molecular flexibility index (Phi) is 2.47. The molecular weight excluding hydrogens is 186 g/mol. The first-order valence-corrected chi connectivity index (χ1v) is 4.83. The Morgan fingerprint density at radius 3 is 2.73 bits per heavy atom. The molecule has 0 aliphatic carbocycles. The summed E-state index contributed by atoms with van der Waals surface area (Å²) in [5.74, 6) is 0.928. The maximum absolute atomic E-state index is 4.37. The molecule has 1 aliphatic rings. The molecule has 75 valence electrons. The lowest BCUT2D eigenvalue weighted by Gasteiger charge is -2.26. The molecular formula is C12H13N3+. The SMILES string of the molecule is C=CC[N+]1(CC=C)C=Nc2[c]ccnc21. The van der Waals surface area contributed by atoms with E-state index in [-0.39, 0.29) is 0 Å². The average Bonchev–Trinajstić information content (AvgIpc) is 2.60. The maximum atomic E-state index is 4.37. The molecule has 0 bridgehead atoms. The van der Waals surface area contributed by atoms with Gasteiger partial charge in [-0.05, 0) is 18.2 Å². The van der Waals surface area contributed by atoms with Crippen LogP contribution in [0.1, 0.15) is 0 Å². The zero-order valence-corrected chi connectivity index (χ0v) is 8.56. The number of aliphatic imine (C=N–C) groups is 1. The second kappa shape index (κ2) is 3.79. The summed E-state index contributed by atoms with van der Waals surface area (Å²) in [5, 5.41) is 0. The first kappa shape index (κ1) is 9.80. The molecule has 0 spiro atoms. The van der Waals surface area contributed by atoms with Crippen molar-refractivity contribution in [1.29, 1.82) is 0 Å². The van der Waals surface area contributed by atoms with E-state index in [1.165, 1.54) is 0 Å². The van der Waals surface area contributed by atoms with E-state index >= 15 is 0 Å². The van der Waals surface area contributed by atoms with Gasteiger partial charge in [0.2, 0.25) is 0 Å². The molecule has 1 radical (unpaired) electrons. The summed E-state index contributed by atoms with van der Waals surface area (Å²) >= 11 is 0. The normalized spacial score (nSPS) is 16.0. The van der Waals surface area contributed by atoms with Crippen molar-refractivity contribution in [3.8, 4) is 0 Å². The van der Waals surface area contributed by atoms with Crippen molar-refractivity contribution in [3.05, 3.63) is 43.6 Å². The molecule has 0 atom stereocenters. The molecule has 0 amide bonds. The Morgan fingerprint density at radius 2 is 2.07 bits per heavy atom. The highest BCUT2D eigenvalue weighted by Gasteiger charge is 2.35. The quantitative estimate of drug-likeness (QED) is 0.539. The van der Waals surface area contributed by atoms with Crippen LogP contribution in [0.4, 0.5) is 11.5 Å². The van der Waals surface area contributed by atoms with Crippen molar-refractivity contribution in [2.75, 3.05) is 13.1 Å². The smallest absolute Gasteiger partial charge is 0.224 e. The highest BCUT2D eigenvalue weighted by atomic mass is 15.4. The predicted molar refractivity (Wildman–Crippen MR) is 63.1 cm³/mol. The number of rotatable bonds is 4. The number of quaternary nitrogens is 1. The van der Waals surface area contributed by atoms with Crippen LogP contribution in [0.2, 0.25) is 0 Å². The monoisotopic (exact) mass is 199 g/mol. The standard InChI is InChI=1S/C12H13N3/c1-3-8-15(9-4-2)10-14-11-6-5-7-13-12(11)15/h3-5,7,10H,1-2,8-9H2/q+1. The fourth-order valence-corrected chi connectivity index (χ4v) is 1.80. The van der Waals surface area contributed by atoms with E-state index in [9.17, 15) is 0 Å². The number of fused-ring (bicyclic) bond motifs is 1. The van der Waals surface area contributed by atoms with Gasteiger partial charge in [0.25, 0.3) is 5.82 Å². The number of hydrogen-bond acceptors (Lipinski definition) is 2. The first-order valence-electron chi connectivity index (χ1n) is 4.83. The second-order valence-electron chi connectivity index (χ2n) is 3.48. The van der Waals surface area contributed by atoms with Crippen molar-refractivity contribution in [2.24, 2.45) is 4.99 Å². The van der Waals surface area contributed by atoms with Crippen molar-refractivity contribution in [3.63, 3.8) is 0 Å². The number of aromatic nitrogens is 1. The Balaban J connectivity index is 2.48. The largest absolute Gasteiger partial charge is 0.261 e. The molecule has 1 aliphatic heterocycles. The summed E-state index contributed by atoms with van der Waals surface area (Å²) in [7, 11) is 0. The van der Waals surface area contributed by atoms with Crippen molar-refractivity contribution >= 4 is 17.8 Å². The molecule has 0 fully saturated rings. The van der Waals surface area contributed by atoms with Gasteiger partial charge in [0.15, 0.2) is 12.0 Å². The van der Waals surface area contributed by atoms with E-state index in [0.717, 1.165) is 24.6 Å². The lowest BCUT2D eigenvalue weighted by atomic mass is 10.3. The van der Waals surface area contributed by atoms with Crippen LogP contribution < -0.4 is 4.48 Å². The molecule has 0 N–H and O–H groups in total. The molecule has 2 rings (SSSR count). The lowest BCUT2D eigenvalue weighted by Crippen LogP contribution is -2.47. The third-order valence-electron chi connectivity index (χ3n) is 2.44. The molecule has 0 unspecified atom stereocenters. The van der Waals surface area contributed by atoms with Gasteiger partial charge in [-0.1, -0.05) is 13.2 Å². The van der Waals surface area contributed by atoms with E-state index < -0.39 is 0 Å². The van der Waals surface area contributed by atoms with Crippen LogP contribution in [0.25, 0.3) is 0 Å². The van der Waals surface area contributed by atoms with E-state index in [4.69, 9.17) is 0 Å². The minimum atomic E-state index is 0.569. The van der Waals surface area contributed by atoms with Crippen molar-refractivity contribution in [2.45, 2.75) is 0 Å². The van der Waals surface area contributed by atoms with E-state index in [0.29, 0.717) is 4.48 Å². The second-order valence-corrected chi connectivity index (χ2v) is 3.48. The Bertz CT molecular complexity index is 411. The zero-order chi connectivity index (χ0) is 10.7. The summed E-state index contributed by atoms with van der Waals surface area (Å²) in [6.45, 7) is 9.09. The molecule has 3 heteroatoms. The van der Waals surface area contributed by atoms with Gasteiger partial charge in [0.1, 0.15) is 13.1 Å². The highest BCUT2D eigenvalue weighted by molar-refractivity contribution is 5.86. The van der Waals surface area contributed by atoms with Crippen LogP contribution in [0.5, 0.6) is 0 Å². The Morgan fingerprint density at radius 1 is 1.33 bits per heavy atom. The van der Waals surface area contributed by atoms with Gasteiger partial charge in [-0.15, -0.1) is 0 Å². The van der Waals surface area contributed by atoms with Crippen LogP contribution >= 0.6 is 0 Å². The molecule has 0 saturated carbocycles. The van der Waals surface area contributed by atoms with Gasteiger partial charge >= 0.3 is 0 Å². The molecule has 2 heterocycles. The summed E-state index contributed by atoms with van der Waals surface area (Å²) < 4.78 is 0.569. The van der Waals surface area contributed by atoms with E-state index in [1.54, 1.807) is 12.3 Å². The van der Waals surface area contributed by atoms with Crippen molar-refractivity contribution < 1.29 is 0 Å². The van der Waals surface area contributed by atoms with E-state index in [2.05, 4.69) is 29.2 Å². The van der Waals surface area contributed by atoms with Crippen LogP contribution in [0.15, 0.2) is 42.6 Å². The van der Waals surface area contributed by atoms with Gasteiger partial charge in [-0.2, -0.15) is 4.99 Å². The van der Waals surface area contributed by atoms with Crippen LogP contribution in [0, 0.1) is 6.07 Å². The number of hydrogen-bond donors (Lipinski definition) is 0. The van der Waals surface area contributed by atoms with Gasteiger partial charge in [-0.3, -0.25) is 0 Å². The molecule has 1 aromatic rings. The van der Waals surface area contributed by atoms with Crippen LogP contribution in [-0.4, -0.2) is 24.4 Å². The first-order chi connectivity index (χ1) is 7.32. The summed E-state index contributed by atoms with van der Waals surface area (Å²) in [6.07, 6.45) is 7.38. The summed E-state index contributed by atoms with van der Waals surface area (Å²) in [4.78, 5) is 8.69. The fourth-order valence-electron chi connectivity index (χ4n) is 1.80. The minimum Gasteiger partial charge on any atom is -0.224 e. The summed E-state index contributed by atoms with van der Waals surface area (Å²) in [6, 6.07) is 4.85. The highest BCUT2D eigenvalue weighted by Crippen LogP contribution is 2.34. The number of nitrogens with zero attached hydrogens (tertiary/aromatic N) is 3. The molecule has 3 nitrogen and oxygen atoms in total. The van der Waals surface area contributed by atoms with Gasteiger partial charge in [0.05, 0.1) is 0 Å². The third-order valence-corrected chi connectivity index (χ3v) is 2.44. The minimum absolute atomic E-state index is 0.569. The predicted octanol–water partition coefficient (Wildman–Crippen LogP) is 2.23. The molecule has 1 aromatic heterocycles. The number of pyridine rings is 1. The third kappa shape index (κ3) is 1.51. The zero-order valence-electron chi connectivity index (χ0n) is 8.56. The van der Waals surface area contributed by atoms with Crippen LogP contribution in [0.3, 0.4) is 0 Å². The average molecular weight is 199 g/mol. The summed E-state index contributed by atoms with van der Waals surface area (Å²) in [5.41, 5.74) is 0.821. The molecule has 0 aromatic carbocycles. The van der Waals surface area contributed by atoms with Gasteiger partial charge in [0, 0.05) is 12.3 Å². The van der Waals surface area contributed by atoms with Crippen LogP contribution in [-0.2, 0) is 0 Å². The maximum Gasteiger partial charge on any atom is 0.261 e. The fraction of sp³-hybridized carbons (Fsp3) is 0.167. The Hall–Kier alpha value is -1.74. The lowest BCUT2D eigenvalue weighted by molar-refractivity contribution is 0.508. The van der Waals surface area contributed by atoms with Gasteiger partial charge in [-0.25, -0.2) is 9.47 Å². The van der Waals surface area contributed by atoms with Gasteiger partial charge < -0.3 is 0 Å². The van der Waals surface area contributed by atoms with Crippen molar-refractivity contribution in [1.82, 2.24) is 9.47 Å². The van der Waals surface area contributed by atoms with E-state index in [1.807, 2.05) is 18.5 Å². The Labute approximate surface area is 89.7 Å². The topological polar surface area (TPSA) is 25.2 Å².